The van der Waals surface area contributed by atoms with Gasteiger partial charge in [0, 0.05) is 26.7 Å². The smallest absolute Gasteiger partial charge is 0.396 e. The summed E-state index contributed by atoms with van der Waals surface area (Å²) in [5.74, 6) is 0. The van der Waals surface area contributed by atoms with Crippen molar-refractivity contribution in [3.63, 3.8) is 0 Å². The van der Waals surface area contributed by atoms with Crippen molar-refractivity contribution in [1.29, 1.82) is 0 Å². The minimum atomic E-state index is -4.57. The molecule has 0 aromatic heterocycles. The van der Waals surface area contributed by atoms with Gasteiger partial charge in [0.25, 0.3) is 10.2 Å². The van der Waals surface area contributed by atoms with Gasteiger partial charge in [-0.2, -0.15) is 30.2 Å². The molecule has 0 unspecified atom stereocenters. The predicted octanol–water partition coefficient (Wildman–Crippen LogP) is 0.430. The summed E-state index contributed by atoms with van der Waals surface area (Å²) in [4.78, 5) is 0. The molecule has 9 heteroatoms. The average Bonchev–Trinajstić information content (AvgIpc) is 2.20. The van der Waals surface area contributed by atoms with Crippen molar-refractivity contribution in [1.82, 2.24) is 8.61 Å². The zero-order valence-corrected chi connectivity index (χ0v) is 10.6. The number of hydrogen-bond donors (Lipinski definition) is 1. The lowest BCUT2D eigenvalue weighted by Gasteiger charge is -2.27. The summed E-state index contributed by atoms with van der Waals surface area (Å²) >= 11 is 0. The van der Waals surface area contributed by atoms with Crippen molar-refractivity contribution >= 4 is 10.2 Å². The van der Waals surface area contributed by atoms with Gasteiger partial charge < -0.3 is 5.11 Å². The quantitative estimate of drug-likeness (QED) is 0.734. The fourth-order valence-electron chi connectivity index (χ4n) is 1.16. The van der Waals surface area contributed by atoms with Gasteiger partial charge in [0.1, 0.15) is 6.54 Å². The lowest BCUT2D eigenvalue weighted by atomic mass is 10.5. The number of rotatable bonds is 7. The number of alkyl halides is 3. The molecule has 0 aromatic rings. The number of aliphatic hydroxyl groups is 1. The molecule has 17 heavy (non-hydrogen) atoms. The molecule has 0 rings (SSSR count). The molecule has 0 saturated heterocycles. The normalized spacial score (nSPS) is 13.6. The number of nitrogens with zero attached hydrogens (tertiary/aromatic N) is 2. The first-order chi connectivity index (χ1) is 7.65. The number of halogens is 3. The van der Waals surface area contributed by atoms with Gasteiger partial charge in [0.05, 0.1) is 0 Å². The van der Waals surface area contributed by atoms with Crippen molar-refractivity contribution in [3.05, 3.63) is 0 Å². The molecule has 0 fully saturated rings. The predicted molar refractivity (Wildman–Crippen MR) is 56.6 cm³/mol. The molecule has 104 valence electrons. The van der Waals surface area contributed by atoms with E-state index >= 15 is 0 Å². The summed E-state index contributed by atoms with van der Waals surface area (Å²) in [6, 6.07) is 0. The highest BCUT2D eigenvalue weighted by Gasteiger charge is 2.36. The Morgan fingerprint density at radius 2 is 1.82 bits per heavy atom. The summed E-state index contributed by atoms with van der Waals surface area (Å²) < 4.78 is 61.1. The van der Waals surface area contributed by atoms with E-state index in [0.717, 1.165) is 4.31 Å². The van der Waals surface area contributed by atoms with Crippen LogP contribution >= 0.6 is 0 Å². The Balaban J connectivity index is 4.75. The van der Waals surface area contributed by atoms with E-state index in [4.69, 9.17) is 5.11 Å². The molecule has 0 bridgehead atoms. The molecule has 0 amide bonds. The maximum Gasteiger partial charge on any atom is 0.402 e. The largest absolute Gasteiger partial charge is 0.402 e. The van der Waals surface area contributed by atoms with Crippen LogP contribution in [-0.2, 0) is 10.2 Å². The molecule has 0 radical (unpaired) electrons. The molecule has 0 heterocycles. The molecule has 0 aliphatic carbocycles. The molecule has 1 N–H and O–H groups in total. The SMILES string of the molecule is CCN(CC(F)(F)F)S(=O)(=O)N(C)CCCO. The van der Waals surface area contributed by atoms with Crippen LogP contribution in [-0.4, -0.2) is 61.6 Å². The standard InChI is InChI=1S/C8H17F3N2O3S/c1-3-13(7-8(9,10)11)17(15,16)12(2)5-4-6-14/h14H,3-7H2,1-2H3. The van der Waals surface area contributed by atoms with E-state index in [9.17, 15) is 21.6 Å². The molecule has 0 spiro atoms. The van der Waals surface area contributed by atoms with Gasteiger partial charge in [-0.3, -0.25) is 0 Å². The van der Waals surface area contributed by atoms with Crippen LogP contribution in [0.5, 0.6) is 0 Å². The topological polar surface area (TPSA) is 60.9 Å². The van der Waals surface area contributed by atoms with E-state index in [0.29, 0.717) is 4.31 Å². The van der Waals surface area contributed by atoms with Crippen molar-refractivity contribution < 1.29 is 26.7 Å². The fraction of sp³-hybridized carbons (Fsp3) is 1.00. The third-order valence-corrected chi connectivity index (χ3v) is 4.07. The Labute approximate surface area is 99.0 Å². The van der Waals surface area contributed by atoms with Gasteiger partial charge in [-0.25, -0.2) is 0 Å². The molecule has 0 atom stereocenters. The van der Waals surface area contributed by atoms with Crippen LogP contribution < -0.4 is 0 Å². The molecular weight excluding hydrogens is 261 g/mol. The van der Waals surface area contributed by atoms with Crippen LogP contribution in [0.15, 0.2) is 0 Å². The average molecular weight is 278 g/mol. The van der Waals surface area contributed by atoms with Gasteiger partial charge in [-0.15, -0.1) is 0 Å². The van der Waals surface area contributed by atoms with Crippen LogP contribution in [0.4, 0.5) is 13.2 Å². The number of hydrogen-bond acceptors (Lipinski definition) is 3. The van der Waals surface area contributed by atoms with Crippen molar-refractivity contribution in [2.24, 2.45) is 0 Å². The zero-order chi connectivity index (χ0) is 13.7. The lowest BCUT2D eigenvalue weighted by molar-refractivity contribution is -0.136. The summed E-state index contributed by atoms with van der Waals surface area (Å²) in [6.45, 7) is -0.664. The monoisotopic (exact) mass is 278 g/mol. The third kappa shape index (κ3) is 5.66. The van der Waals surface area contributed by atoms with Gasteiger partial charge in [-0.05, 0) is 6.42 Å². The van der Waals surface area contributed by atoms with Crippen LogP contribution in [0, 0.1) is 0 Å². The van der Waals surface area contributed by atoms with Crippen molar-refractivity contribution in [2.45, 2.75) is 19.5 Å². The van der Waals surface area contributed by atoms with E-state index < -0.39 is 22.9 Å². The Hall–Kier alpha value is -0.380. The second kappa shape index (κ2) is 6.53. The molecular formula is C8H17F3N2O3S. The lowest BCUT2D eigenvalue weighted by Crippen LogP contribution is -2.46. The maximum atomic E-state index is 12.2. The van der Waals surface area contributed by atoms with E-state index in [1.165, 1.54) is 14.0 Å². The molecule has 0 aliphatic heterocycles. The molecule has 0 aromatic carbocycles. The summed E-state index contributed by atoms with van der Waals surface area (Å²) in [5, 5.41) is 8.55. The third-order valence-electron chi connectivity index (χ3n) is 2.06. The van der Waals surface area contributed by atoms with Gasteiger partial charge in [0.2, 0.25) is 0 Å². The Morgan fingerprint density at radius 3 is 2.18 bits per heavy atom. The summed E-state index contributed by atoms with van der Waals surface area (Å²) in [7, 11) is -2.94. The van der Waals surface area contributed by atoms with Crippen LogP contribution in [0.2, 0.25) is 0 Å². The van der Waals surface area contributed by atoms with Gasteiger partial charge >= 0.3 is 6.18 Å². The van der Waals surface area contributed by atoms with Crippen molar-refractivity contribution in [2.75, 3.05) is 33.3 Å². The molecule has 0 aliphatic rings. The molecule has 5 nitrogen and oxygen atoms in total. The Bertz CT molecular complexity index is 318. The minimum absolute atomic E-state index is 0.0206. The maximum absolute atomic E-state index is 12.2. The zero-order valence-electron chi connectivity index (χ0n) is 9.74. The van der Waals surface area contributed by atoms with Crippen LogP contribution in [0.3, 0.4) is 0 Å². The molecule has 0 saturated carbocycles. The second-order valence-corrected chi connectivity index (χ2v) is 5.48. The van der Waals surface area contributed by atoms with Gasteiger partial charge in [0.15, 0.2) is 0 Å². The van der Waals surface area contributed by atoms with Crippen LogP contribution in [0.25, 0.3) is 0 Å². The van der Waals surface area contributed by atoms with Gasteiger partial charge in [-0.1, -0.05) is 6.92 Å². The first-order valence-electron chi connectivity index (χ1n) is 5.04. The van der Waals surface area contributed by atoms with E-state index in [-0.39, 0.29) is 26.1 Å². The van der Waals surface area contributed by atoms with Crippen molar-refractivity contribution in [3.8, 4) is 0 Å². The summed E-state index contributed by atoms with van der Waals surface area (Å²) in [5.41, 5.74) is 0. The highest BCUT2D eigenvalue weighted by molar-refractivity contribution is 7.86. The first kappa shape index (κ1) is 16.6. The highest BCUT2D eigenvalue weighted by Crippen LogP contribution is 2.19. The van der Waals surface area contributed by atoms with Crippen LogP contribution in [0.1, 0.15) is 13.3 Å². The first-order valence-corrected chi connectivity index (χ1v) is 6.44. The Kier molecular flexibility index (Phi) is 6.38. The minimum Gasteiger partial charge on any atom is -0.396 e. The van der Waals surface area contributed by atoms with E-state index in [1.54, 1.807) is 0 Å². The van der Waals surface area contributed by atoms with E-state index in [1.807, 2.05) is 0 Å². The fourth-order valence-corrected chi connectivity index (χ4v) is 2.55. The Morgan fingerprint density at radius 1 is 1.29 bits per heavy atom. The summed E-state index contributed by atoms with van der Waals surface area (Å²) in [6.07, 6.45) is -4.39. The highest BCUT2D eigenvalue weighted by atomic mass is 32.2. The second-order valence-electron chi connectivity index (χ2n) is 3.45. The number of aliphatic hydroxyl groups excluding tert-OH is 1. The van der Waals surface area contributed by atoms with E-state index in [2.05, 4.69) is 0 Å².